The van der Waals surface area contributed by atoms with Gasteiger partial charge in [-0.3, -0.25) is 9.13 Å². The molecule has 3 aromatic rings. The average molecular weight is 445 g/mol. The van der Waals surface area contributed by atoms with Crippen LogP contribution in [0.4, 0.5) is 13.2 Å². The maximum absolute atomic E-state index is 13.4. The van der Waals surface area contributed by atoms with Gasteiger partial charge in [0.2, 0.25) is 0 Å². The highest BCUT2D eigenvalue weighted by atomic mass is 19.4. The summed E-state index contributed by atoms with van der Waals surface area (Å²) in [6, 6.07) is 10.0. The summed E-state index contributed by atoms with van der Waals surface area (Å²) in [5.74, 6) is 0.381. The minimum atomic E-state index is -4.54. The molecular formula is C23H22F3N3O3. The van der Waals surface area contributed by atoms with Gasteiger partial charge in [0.1, 0.15) is 11.8 Å². The molecule has 0 radical (unpaired) electrons. The molecule has 2 aromatic carbocycles. The molecule has 168 valence electrons. The third-order valence-corrected chi connectivity index (χ3v) is 6.05. The number of nitrogens with zero attached hydrogens (tertiary/aromatic N) is 3. The second-order valence-electron chi connectivity index (χ2n) is 8.05. The number of hydrogen-bond acceptors (Lipinski definition) is 4. The van der Waals surface area contributed by atoms with Crippen molar-refractivity contribution in [2.45, 2.75) is 50.6 Å². The van der Waals surface area contributed by atoms with Crippen molar-refractivity contribution in [3.63, 3.8) is 0 Å². The van der Waals surface area contributed by atoms with E-state index in [9.17, 15) is 28.3 Å². The molecule has 4 rings (SSSR count). The maximum Gasteiger partial charge on any atom is 0.416 e. The lowest BCUT2D eigenvalue weighted by atomic mass is 9.93. The molecule has 9 heteroatoms. The molecular weight excluding hydrogens is 423 g/mol. The van der Waals surface area contributed by atoms with E-state index in [-0.39, 0.29) is 23.7 Å². The zero-order valence-electron chi connectivity index (χ0n) is 17.4. The molecule has 0 unspecified atom stereocenters. The Hall–Kier alpha value is -3.25. The summed E-state index contributed by atoms with van der Waals surface area (Å²) >= 11 is 0. The van der Waals surface area contributed by atoms with E-state index in [1.807, 2.05) is 6.07 Å². The molecule has 1 heterocycles. The quantitative estimate of drug-likeness (QED) is 0.652. The normalized spacial score (nSPS) is 19.1. The first-order valence-corrected chi connectivity index (χ1v) is 10.3. The maximum atomic E-state index is 13.4. The number of rotatable bonds is 4. The Morgan fingerprint density at radius 1 is 1.12 bits per heavy atom. The Morgan fingerprint density at radius 2 is 1.84 bits per heavy atom. The summed E-state index contributed by atoms with van der Waals surface area (Å²) in [4.78, 5) is 13.4. The molecule has 32 heavy (non-hydrogen) atoms. The minimum absolute atomic E-state index is 0.0116. The first kappa shape index (κ1) is 22.0. The van der Waals surface area contributed by atoms with E-state index in [4.69, 9.17) is 4.74 Å². The summed E-state index contributed by atoms with van der Waals surface area (Å²) in [6.07, 6.45) is -2.75. The summed E-state index contributed by atoms with van der Waals surface area (Å²) in [7, 11) is 1.44. The Morgan fingerprint density at radius 3 is 2.47 bits per heavy atom. The Bertz CT molecular complexity index is 1250. The number of aliphatic hydroxyl groups is 1. The molecule has 1 aliphatic rings. The largest absolute Gasteiger partial charge is 0.495 e. The SMILES string of the molecule is COc1ccc(Cn2c(=O)n(C3CCC(O)CC3)c3ccc(C(F)(F)F)cc32)cc1C#N. The molecule has 1 saturated carbocycles. The zero-order valence-corrected chi connectivity index (χ0v) is 17.4. The number of benzene rings is 2. The van der Waals surface area contributed by atoms with Crippen LogP contribution >= 0.6 is 0 Å². The van der Waals surface area contributed by atoms with Crippen molar-refractivity contribution >= 4 is 11.0 Å². The van der Waals surface area contributed by atoms with Crippen LogP contribution in [-0.2, 0) is 12.7 Å². The van der Waals surface area contributed by atoms with E-state index in [0.717, 1.165) is 12.1 Å². The molecule has 0 atom stereocenters. The standard InChI is InChI=1S/C23H22F3N3O3/c1-32-21-9-2-14(10-15(21)12-27)13-28-20-11-16(23(24,25)26)3-8-19(20)29(22(28)31)17-4-6-18(30)7-5-17/h2-3,8-11,17-18,30H,4-7,13H2,1H3. The van der Waals surface area contributed by atoms with Crippen LogP contribution < -0.4 is 10.4 Å². The second kappa shape index (κ2) is 8.36. The zero-order chi connectivity index (χ0) is 23.0. The third-order valence-electron chi connectivity index (χ3n) is 6.05. The van der Waals surface area contributed by atoms with Crippen molar-refractivity contribution in [1.29, 1.82) is 5.26 Å². The van der Waals surface area contributed by atoms with Gasteiger partial charge < -0.3 is 9.84 Å². The average Bonchev–Trinajstić information content (AvgIpc) is 3.04. The van der Waals surface area contributed by atoms with Crippen LogP contribution in [0.1, 0.15) is 48.4 Å². The monoisotopic (exact) mass is 445 g/mol. The van der Waals surface area contributed by atoms with Gasteiger partial charge in [-0.1, -0.05) is 6.07 Å². The van der Waals surface area contributed by atoms with Gasteiger partial charge in [-0.2, -0.15) is 18.4 Å². The fourth-order valence-electron chi connectivity index (χ4n) is 4.40. The predicted octanol–water partition coefficient (Wildman–Crippen LogP) is 4.23. The number of hydrogen-bond donors (Lipinski definition) is 1. The first-order chi connectivity index (χ1) is 15.2. The Kier molecular flexibility index (Phi) is 5.73. The van der Waals surface area contributed by atoms with Crippen LogP contribution in [0.2, 0.25) is 0 Å². The van der Waals surface area contributed by atoms with Gasteiger partial charge in [-0.15, -0.1) is 0 Å². The Labute approximate surface area is 182 Å². The summed E-state index contributed by atoms with van der Waals surface area (Å²) in [6.45, 7) is 0.0116. The van der Waals surface area contributed by atoms with E-state index in [1.54, 1.807) is 22.8 Å². The highest BCUT2D eigenvalue weighted by Crippen LogP contribution is 2.34. The number of nitriles is 1. The van der Waals surface area contributed by atoms with Crippen LogP contribution in [0.15, 0.2) is 41.2 Å². The number of alkyl halides is 3. The smallest absolute Gasteiger partial charge is 0.416 e. The predicted molar refractivity (Wildman–Crippen MR) is 112 cm³/mol. The van der Waals surface area contributed by atoms with Gasteiger partial charge in [-0.05, 0) is 61.6 Å². The van der Waals surface area contributed by atoms with Crippen LogP contribution in [0.3, 0.4) is 0 Å². The topological polar surface area (TPSA) is 80.2 Å². The van der Waals surface area contributed by atoms with Crippen molar-refractivity contribution in [2.75, 3.05) is 7.11 Å². The molecule has 0 saturated heterocycles. The third kappa shape index (κ3) is 3.98. The van der Waals surface area contributed by atoms with Crippen LogP contribution in [-0.4, -0.2) is 27.5 Å². The van der Waals surface area contributed by atoms with E-state index in [0.29, 0.717) is 42.5 Å². The highest BCUT2D eigenvalue weighted by molar-refractivity contribution is 5.77. The number of halogens is 3. The van der Waals surface area contributed by atoms with E-state index in [1.165, 1.54) is 17.7 Å². The van der Waals surface area contributed by atoms with Gasteiger partial charge in [-0.25, -0.2) is 4.79 Å². The van der Waals surface area contributed by atoms with Crippen molar-refractivity contribution in [3.05, 3.63) is 63.6 Å². The molecule has 1 fully saturated rings. The highest BCUT2D eigenvalue weighted by Gasteiger charge is 2.32. The van der Waals surface area contributed by atoms with Crippen LogP contribution in [0.5, 0.6) is 5.75 Å². The van der Waals surface area contributed by atoms with Gasteiger partial charge in [0.05, 0.1) is 41.9 Å². The van der Waals surface area contributed by atoms with Gasteiger partial charge in [0.25, 0.3) is 0 Å². The van der Waals surface area contributed by atoms with E-state index >= 15 is 0 Å². The fraction of sp³-hybridized carbons (Fsp3) is 0.391. The van der Waals surface area contributed by atoms with Crippen molar-refractivity contribution in [2.24, 2.45) is 0 Å². The molecule has 1 aliphatic carbocycles. The molecule has 0 amide bonds. The lowest BCUT2D eigenvalue weighted by Crippen LogP contribution is -2.31. The van der Waals surface area contributed by atoms with E-state index in [2.05, 4.69) is 0 Å². The van der Waals surface area contributed by atoms with Crippen LogP contribution in [0.25, 0.3) is 11.0 Å². The first-order valence-electron chi connectivity index (χ1n) is 10.3. The lowest BCUT2D eigenvalue weighted by molar-refractivity contribution is -0.137. The van der Waals surface area contributed by atoms with Crippen LogP contribution in [0, 0.1) is 11.3 Å². The second-order valence-corrected chi connectivity index (χ2v) is 8.05. The molecule has 0 bridgehead atoms. The number of ether oxygens (including phenoxy) is 1. The van der Waals surface area contributed by atoms with Gasteiger partial charge in [0, 0.05) is 6.04 Å². The lowest BCUT2D eigenvalue weighted by Gasteiger charge is -2.26. The summed E-state index contributed by atoms with van der Waals surface area (Å²) in [5.41, 5.74) is 0.250. The van der Waals surface area contributed by atoms with Gasteiger partial charge >= 0.3 is 11.9 Å². The van der Waals surface area contributed by atoms with Crippen molar-refractivity contribution in [3.8, 4) is 11.8 Å². The number of aliphatic hydroxyl groups excluding tert-OH is 1. The van der Waals surface area contributed by atoms with Crippen molar-refractivity contribution in [1.82, 2.24) is 9.13 Å². The Balaban J connectivity index is 1.86. The summed E-state index contributed by atoms with van der Waals surface area (Å²) in [5, 5.41) is 19.2. The molecule has 1 N–H and O–H groups in total. The van der Waals surface area contributed by atoms with Gasteiger partial charge in [0.15, 0.2) is 0 Å². The molecule has 6 nitrogen and oxygen atoms in total. The fourth-order valence-corrected chi connectivity index (χ4v) is 4.40. The number of fused-ring (bicyclic) bond motifs is 1. The van der Waals surface area contributed by atoms with Crippen molar-refractivity contribution < 1.29 is 23.0 Å². The van der Waals surface area contributed by atoms with E-state index < -0.39 is 23.5 Å². The number of aromatic nitrogens is 2. The molecule has 0 aliphatic heterocycles. The minimum Gasteiger partial charge on any atom is -0.495 e. The number of imidazole rings is 1. The molecule has 1 aromatic heterocycles. The summed E-state index contributed by atoms with van der Waals surface area (Å²) < 4.78 is 48.2. The number of methoxy groups -OCH3 is 1. The molecule has 0 spiro atoms.